The van der Waals surface area contributed by atoms with Crippen LogP contribution in [0.3, 0.4) is 0 Å². The molecule has 0 unspecified atom stereocenters. The lowest BCUT2D eigenvalue weighted by molar-refractivity contribution is 0.754. The topological polar surface area (TPSA) is 48.2 Å². The van der Waals surface area contributed by atoms with Crippen LogP contribution in [0.25, 0.3) is 0 Å². The third kappa shape index (κ3) is 6.08. The monoisotopic (exact) mass is 293 g/mol. The van der Waals surface area contributed by atoms with Crippen LogP contribution in [0.1, 0.15) is 31.2 Å². The third-order valence-corrected chi connectivity index (χ3v) is 2.83. The summed E-state index contributed by atoms with van der Waals surface area (Å²) in [4.78, 5) is 0. The van der Waals surface area contributed by atoms with Crippen molar-refractivity contribution in [2.45, 2.75) is 25.7 Å². The van der Waals surface area contributed by atoms with Crippen molar-refractivity contribution in [2.24, 2.45) is 5.10 Å². The largest absolute Gasteiger partial charge is 0.279 e. The first-order chi connectivity index (χ1) is 8.36. The molecule has 0 spiro atoms. The Morgan fingerprint density at radius 1 is 1.24 bits per heavy atom. The number of anilines is 1. The quantitative estimate of drug-likeness (QED) is 0.359. The molecule has 1 aromatic rings. The second-order valence-electron chi connectivity index (χ2n) is 3.65. The summed E-state index contributed by atoms with van der Waals surface area (Å²) in [5, 5.41) is 13.8. The molecule has 0 aliphatic carbocycles. The third-order valence-electron chi connectivity index (χ3n) is 2.27. The molecule has 0 bridgehead atoms. The maximum Gasteiger partial charge on any atom is 0.0991 e. The maximum atomic E-state index is 8.64. The van der Waals surface area contributed by atoms with E-state index in [0.29, 0.717) is 5.56 Å². The van der Waals surface area contributed by atoms with E-state index < -0.39 is 0 Å². The Balaban J connectivity index is 2.21. The molecule has 90 valence electrons. The Labute approximate surface area is 111 Å². The smallest absolute Gasteiger partial charge is 0.0991 e. The highest BCUT2D eigenvalue weighted by atomic mass is 79.9. The van der Waals surface area contributed by atoms with E-state index >= 15 is 0 Å². The molecular formula is C13H16BrN3. The average molecular weight is 294 g/mol. The van der Waals surface area contributed by atoms with Gasteiger partial charge in [-0.05, 0) is 43.5 Å². The van der Waals surface area contributed by atoms with Gasteiger partial charge in [0.15, 0.2) is 0 Å². The van der Waals surface area contributed by atoms with Gasteiger partial charge in [0.05, 0.1) is 17.3 Å². The van der Waals surface area contributed by atoms with E-state index in [9.17, 15) is 0 Å². The summed E-state index contributed by atoms with van der Waals surface area (Å²) < 4.78 is 0. The predicted molar refractivity (Wildman–Crippen MR) is 75.5 cm³/mol. The molecule has 0 amide bonds. The minimum atomic E-state index is 0.661. The van der Waals surface area contributed by atoms with E-state index in [4.69, 9.17) is 5.26 Å². The minimum Gasteiger partial charge on any atom is -0.279 e. The zero-order valence-corrected chi connectivity index (χ0v) is 11.3. The fraction of sp³-hybridized carbons (Fsp3) is 0.385. The number of hydrogen-bond acceptors (Lipinski definition) is 3. The Hall–Kier alpha value is -1.34. The van der Waals surface area contributed by atoms with Crippen molar-refractivity contribution < 1.29 is 0 Å². The summed E-state index contributed by atoms with van der Waals surface area (Å²) in [5.74, 6) is 0. The van der Waals surface area contributed by atoms with Gasteiger partial charge >= 0.3 is 0 Å². The van der Waals surface area contributed by atoms with Crippen molar-refractivity contribution >= 4 is 27.8 Å². The maximum absolute atomic E-state index is 8.64. The zero-order valence-electron chi connectivity index (χ0n) is 9.69. The fourth-order valence-corrected chi connectivity index (χ4v) is 1.71. The lowest BCUT2D eigenvalue weighted by atomic mass is 10.2. The van der Waals surface area contributed by atoms with Crippen molar-refractivity contribution in [3.05, 3.63) is 29.8 Å². The van der Waals surface area contributed by atoms with E-state index in [1.54, 1.807) is 12.1 Å². The van der Waals surface area contributed by atoms with Crippen molar-refractivity contribution in [3.63, 3.8) is 0 Å². The standard InChI is InChI=1S/C13H16BrN3/c14-9-3-1-2-4-10-16-17-13-7-5-12(11-15)6-8-13/h5-8,10,17H,1-4,9H2/b16-10-. The molecule has 0 aromatic heterocycles. The summed E-state index contributed by atoms with van der Waals surface area (Å²) in [7, 11) is 0. The molecule has 0 fully saturated rings. The van der Waals surface area contributed by atoms with Crippen LogP contribution in [0.5, 0.6) is 0 Å². The van der Waals surface area contributed by atoms with Gasteiger partial charge in [-0.25, -0.2) is 0 Å². The van der Waals surface area contributed by atoms with Crippen molar-refractivity contribution in [1.29, 1.82) is 5.26 Å². The lowest BCUT2D eigenvalue weighted by Gasteiger charge is -1.99. The van der Waals surface area contributed by atoms with Gasteiger partial charge in [0.2, 0.25) is 0 Å². The van der Waals surface area contributed by atoms with Crippen LogP contribution in [0.4, 0.5) is 5.69 Å². The van der Waals surface area contributed by atoms with E-state index in [0.717, 1.165) is 17.4 Å². The Bertz CT molecular complexity index is 379. The molecule has 0 aliphatic rings. The summed E-state index contributed by atoms with van der Waals surface area (Å²) in [5.41, 5.74) is 4.50. The van der Waals surface area contributed by atoms with E-state index in [-0.39, 0.29) is 0 Å². The van der Waals surface area contributed by atoms with E-state index in [1.165, 1.54) is 19.3 Å². The van der Waals surface area contributed by atoms with Gasteiger partial charge < -0.3 is 0 Å². The van der Waals surface area contributed by atoms with Gasteiger partial charge in [-0.3, -0.25) is 5.43 Å². The lowest BCUT2D eigenvalue weighted by Crippen LogP contribution is -1.89. The van der Waals surface area contributed by atoms with Gasteiger partial charge in [0.25, 0.3) is 0 Å². The number of halogens is 1. The molecule has 0 saturated heterocycles. The number of nitrogens with zero attached hydrogens (tertiary/aromatic N) is 2. The summed E-state index contributed by atoms with van der Waals surface area (Å²) in [6.45, 7) is 0. The molecule has 1 aromatic carbocycles. The predicted octanol–water partition coefficient (Wildman–Crippen LogP) is 3.91. The number of nitriles is 1. The zero-order chi connectivity index (χ0) is 12.3. The number of rotatable bonds is 7. The van der Waals surface area contributed by atoms with Crippen molar-refractivity contribution in [1.82, 2.24) is 0 Å². The minimum absolute atomic E-state index is 0.661. The average Bonchev–Trinajstić information content (AvgIpc) is 2.38. The fourth-order valence-electron chi connectivity index (χ4n) is 1.31. The molecule has 1 rings (SSSR count). The summed E-state index contributed by atoms with van der Waals surface area (Å²) in [6, 6.07) is 9.32. The Morgan fingerprint density at radius 2 is 2.00 bits per heavy atom. The summed E-state index contributed by atoms with van der Waals surface area (Å²) >= 11 is 3.41. The van der Waals surface area contributed by atoms with E-state index in [1.807, 2.05) is 18.3 Å². The molecule has 17 heavy (non-hydrogen) atoms. The van der Waals surface area contributed by atoms with Crippen LogP contribution >= 0.6 is 15.9 Å². The van der Waals surface area contributed by atoms with Crippen LogP contribution in [0.2, 0.25) is 0 Å². The Morgan fingerprint density at radius 3 is 2.65 bits per heavy atom. The molecule has 4 heteroatoms. The van der Waals surface area contributed by atoms with E-state index in [2.05, 4.69) is 32.5 Å². The first-order valence-corrected chi connectivity index (χ1v) is 6.82. The van der Waals surface area contributed by atoms with Gasteiger partial charge in [-0.15, -0.1) is 0 Å². The van der Waals surface area contributed by atoms with Gasteiger partial charge in [0, 0.05) is 11.5 Å². The highest BCUT2D eigenvalue weighted by Gasteiger charge is 1.90. The molecule has 0 radical (unpaired) electrons. The normalized spacial score (nSPS) is 10.4. The van der Waals surface area contributed by atoms with Crippen LogP contribution in [0.15, 0.2) is 29.4 Å². The first-order valence-electron chi connectivity index (χ1n) is 5.70. The van der Waals surface area contributed by atoms with Crippen LogP contribution in [-0.2, 0) is 0 Å². The summed E-state index contributed by atoms with van der Waals surface area (Å²) in [6.07, 6.45) is 6.51. The second-order valence-corrected chi connectivity index (χ2v) is 4.44. The number of hydrazone groups is 1. The van der Waals surface area contributed by atoms with Gasteiger partial charge in [-0.2, -0.15) is 10.4 Å². The van der Waals surface area contributed by atoms with Crippen LogP contribution in [0, 0.1) is 11.3 Å². The number of benzene rings is 1. The molecule has 1 N–H and O–H groups in total. The SMILES string of the molecule is N#Cc1ccc(N/N=C\CCCCCBr)cc1. The number of nitrogens with one attached hydrogen (secondary N) is 1. The number of unbranched alkanes of at least 4 members (excludes halogenated alkanes) is 3. The van der Waals surface area contributed by atoms with Crippen LogP contribution < -0.4 is 5.43 Å². The highest BCUT2D eigenvalue weighted by Crippen LogP contribution is 2.08. The Kier molecular flexibility index (Phi) is 7.08. The molecule has 0 atom stereocenters. The molecule has 0 saturated carbocycles. The first kappa shape index (κ1) is 13.7. The molecule has 0 heterocycles. The molecular weight excluding hydrogens is 278 g/mol. The van der Waals surface area contributed by atoms with Crippen LogP contribution in [-0.4, -0.2) is 11.5 Å². The highest BCUT2D eigenvalue weighted by molar-refractivity contribution is 9.09. The van der Waals surface area contributed by atoms with Gasteiger partial charge in [0.1, 0.15) is 0 Å². The molecule has 3 nitrogen and oxygen atoms in total. The van der Waals surface area contributed by atoms with Crippen molar-refractivity contribution in [3.8, 4) is 6.07 Å². The molecule has 0 aliphatic heterocycles. The number of hydrogen-bond donors (Lipinski definition) is 1. The van der Waals surface area contributed by atoms with Gasteiger partial charge in [-0.1, -0.05) is 22.4 Å². The number of alkyl halides is 1. The van der Waals surface area contributed by atoms with Crippen molar-refractivity contribution in [2.75, 3.05) is 10.8 Å². The second kappa shape index (κ2) is 8.77.